The summed E-state index contributed by atoms with van der Waals surface area (Å²) in [6.45, 7) is 6.41. The first-order valence-electron chi connectivity index (χ1n) is 12.5. The Labute approximate surface area is 228 Å². The number of aromatic nitrogens is 2. The molecule has 194 valence electrons. The van der Waals surface area contributed by atoms with Crippen LogP contribution in [0.5, 0.6) is 0 Å². The third-order valence-corrected chi connectivity index (χ3v) is 7.17. The molecule has 38 heavy (non-hydrogen) atoms. The van der Waals surface area contributed by atoms with Crippen LogP contribution >= 0.6 is 12.2 Å². The van der Waals surface area contributed by atoms with Crippen LogP contribution in [0.25, 0.3) is 5.69 Å². The molecule has 1 saturated heterocycles. The van der Waals surface area contributed by atoms with Crippen LogP contribution < -0.4 is 15.5 Å². The number of hydrogen-bond acceptors (Lipinski definition) is 4. The Morgan fingerprint density at radius 1 is 1.03 bits per heavy atom. The third-order valence-electron chi connectivity index (χ3n) is 6.85. The Hall–Kier alpha value is -4.01. The molecule has 7 nitrogen and oxygen atoms in total. The molecular formula is C30H31N5O2S. The van der Waals surface area contributed by atoms with Crippen molar-refractivity contribution in [3.63, 3.8) is 0 Å². The summed E-state index contributed by atoms with van der Waals surface area (Å²) >= 11 is 5.90. The van der Waals surface area contributed by atoms with Gasteiger partial charge >= 0.3 is 0 Å². The van der Waals surface area contributed by atoms with E-state index in [1.807, 2.05) is 48.7 Å². The molecule has 1 fully saturated rings. The number of ether oxygens (including phenoxy) is 1. The quantitative estimate of drug-likeness (QED) is 0.308. The molecule has 0 bridgehead atoms. The van der Waals surface area contributed by atoms with Crippen molar-refractivity contribution in [3.05, 3.63) is 107 Å². The number of carbonyl (C=O) groups excluding carboxylic acids is 1. The summed E-state index contributed by atoms with van der Waals surface area (Å²) in [5, 5.41) is 7.01. The van der Waals surface area contributed by atoms with Gasteiger partial charge in [-0.15, -0.1) is 0 Å². The second-order valence-electron chi connectivity index (χ2n) is 9.53. The molecule has 1 aliphatic rings. The zero-order chi connectivity index (χ0) is 26.8. The van der Waals surface area contributed by atoms with Crippen molar-refractivity contribution < 1.29 is 9.53 Å². The Bertz CT molecular complexity index is 1470. The summed E-state index contributed by atoms with van der Waals surface area (Å²) in [5.41, 5.74) is 8.37. The highest BCUT2D eigenvalue weighted by Crippen LogP contribution is 2.44. The van der Waals surface area contributed by atoms with Gasteiger partial charge in [-0.05, 0) is 98.7 Å². The van der Waals surface area contributed by atoms with E-state index in [4.69, 9.17) is 17.0 Å². The Morgan fingerprint density at radius 2 is 1.82 bits per heavy atom. The van der Waals surface area contributed by atoms with Crippen LogP contribution in [0, 0.1) is 20.8 Å². The van der Waals surface area contributed by atoms with E-state index in [2.05, 4.69) is 76.2 Å². The monoisotopic (exact) mass is 525 g/mol. The van der Waals surface area contributed by atoms with Gasteiger partial charge in [0.05, 0.1) is 17.8 Å². The van der Waals surface area contributed by atoms with Gasteiger partial charge in [-0.1, -0.05) is 18.2 Å². The van der Waals surface area contributed by atoms with Gasteiger partial charge in [0.15, 0.2) is 5.11 Å². The number of amides is 1. The minimum Gasteiger partial charge on any atom is -0.375 e. The summed E-state index contributed by atoms with van der Waals surface area (Å²) in [7, 11) is 1.50. The summed E-state index contributed by atoms with van der Waals surface area (Å²) in [4.78, 5) is 18.8. The van der Waals surface area contributed by atoms with E-state index in [1.54, 1.807) is 0 Å². The van der Waals surface area contributed by atoms with Crippen molar-refractivity contribution in [1.29, 1.82) is 0 Å². The highest BCUT2D eigenvalue weighted by molar-refractivity contribution is 7.80. The maximum atomic E-state index is 12.0. The molecule has 2 N–H and O–H groups in total. The van der Waals surface area contributed by atoms with Gasteiger partial charge in [0.1, 0.15) is 6.61 Å². The number of nitrogens with zero attached hydrogens (tertiary/aromatic N) is 3. The van der Waals surface area contributed by atoms with E-state index in [-0.39, 0.29) is 24.6 Å². The number of methoxy groups -OCH3 is 1. The molecule has 8 heteroatoms. The Morgan fingerprint density at radius 3 is 2.50 bits per heavy atom. The van der Waals surface area contributed by atoms with Gasteiger partial charge in [-0.2, -0.15) is 0 Å². The number of aryl methyl sites for hydroxylation is 2. The van der Waals surface area contributed by atoms with Gasteiger partial charge in [0, 0.05) is 41.8 Å². The van der Waals surface area contributed by atoms with Gasteiger partial charge in [0.2, 0.25) is 5.91 Å². The number of carbonyl (C=O) groups is 1. The Balaban J connectivity index is 1.58. The molecule has 2 aromatic carbocycles. The van der Waals surface area contributed by atoms with Crippen molar-refractivity contribution in [1.82, 2.24) is 14.9 Å². The zero-order valence-electron chi connectivity index (χ0n) is 21.9. The van der Waals surface area contributed by atoms with Crippen LogP contribution in [0.1, 0.15) is 40.3 Å². The molecule has 1 amide bonds. The number of pyridine rings is 1. The van der Waals surface area contributed by atoms with Gasteiger partial charge < -0.3 is 24.8 Å². The van der Waals surface area contributed by atoms with Crippen LogP contribution in [0.4, 0.5) is 11.4 Å². The smallest absolute Gasteiger partial charge is 0.250 e. The van der Waals surface area contributed by atoms with Crippen LogP contribution in [-0.2, 0) is 9.53 Å². The van der Waals surface area contributed by atoms with Crippen molar-refractivity contribution in [2.75, 3.05) is 23.9 Å². The highest BCUT2D eigenvalue weighted by atomic mass is 32.1. The lowest BCUT2D eigenvalue weighted by Gasteiger charge is -2.28. The second kappa shape index (κ2) is 10.8. The molecule has 0 saturated carbocycles. The first-order chi connectivity index (χ1) is 18.4. The average Bonchev–Trinajstić information content (AvgIpc) is 3.40. The molecule has 3 heterocycles. The summed E-state index contributed by atoms with van der Waals surface area (Å²) in [5.74, 6) is -0.199. The minimum atomic E-state index is -0.199. The number of thiocarbonyl (C=S) groups is 1. The summed E-state index contributed by atoms with van der Waals surface area (Å²) < 4.78 is 7.22. The molecule has 0 spiro atoms. The molecule has 4 aromatic rings. The maximum absolute atomic E-state index is 12.0. The largest absolute Gasteiger partial charge is 0.375 e. The maximum Gasteiger partial charge on any atom is 0.250 e. The summed E-state index contributed by atoms with van der Waals surface area (Å²) in [6, 6.07) is 24.2. The molecule has 2 aromatic heterocycles. The molecule has 0 aliphatic carbocycles. The molecule has 2 unspecified atom stereocenters. The van der Waals surface area contributed by atoms with E-state index in [0.717, 1.165) is 28.5 Å². The standard InChI is InChI=1S/C30H31N5O2S/c1-19-8-7-9-24(16-19)34-20(2)17-25(21(34)3)29-28(26-10-5-6-15-31-26)33-30(38)35(29)23-13-11-22(12-14-23)32-27(36)18-37-4/h5-17,28-29H,18H2,1-4H3,(H,32,36)(H,33,38). The van der Waals surface area contributed by atoms with Crippen LogP contribution in [0.3, 0.4) is 0 Å². The van der Waals surface area contributed by atoms with E-state index >= 15 is 0 Å². The van der Waals surface area contributed by atoms with Gasteiger partial charge in [0.25, 0.3) is 0 Å². The number of rotatable bonds is 7. The van der Waals surface area contributed by atoms with Crippen molar-refractivity contribution in [2.24, 2.45) is 0 Å². The SMILES string of the molecule is COCC(=O)Nc1ccc(N2C(=S)NC(c3ccccn3)C2c2cc(C)n(-c3cccc(C)c3)c2C)cc1. The molecule has 5 rings (SSSR count). The lowest BCUT2D eigenvalue weighted by Crippen LogP contribution is -2.29. The first kappa shape index (κ1) is 25.6. The van der Waals surface area contributed by atoms with E-state index in [1.165, 1.54) is 18.2 Å². The molecule has 1 aliphatic heterocycles. The number of benzene rings is 2. The summed E-state index contributed by atoms with van der Waals surface area (Å²) in [6.07, 6.45) is 1.81. The topological polar surface area (TPSA) is 71.4 Å². The first-order valence-corrected chi connectivity index (χ1v) is 12.9. The predicted molar refractivity (Wildman–Crippen MR) is 155 cm³/mol. The number of nitrogens with one attached hydrogen (secondary N) is 2. The predicted octanol–water partition coefficient (Wildman–Crippen LogP) is 5.56. The van der Waals surface area contributed by atoms with Gasteiger partial charge in [-0.3, -0.25) is 9.78 Å². The molecular weight excluding hydrogens is 494 g/mol. The van der Waals surface area contributed by atoms with E-state index in [9.17, 15) is 4.79 Å². The number of anilines is 2. The van der Waals surface area contributed by atoms with Crippen molar-refractivity contribution >= 4 is 34.6 Å². The fraction of sp³-hybridized carbons (Fsp3) is 0.233. The molecule has 0 radical (unpaired) electrons. The van der Waals surface area contributed by atoms with Crippen LogP contribution in [0.15, 0.2) is 79.0 Å². The van der Waals surface area contributed by atoms with Crippen molar-refractivity contribution in [3.8, 4) is 5.69 Å². The minimum absolute atomic E-state index is 0.00622. The Kier molecular flexibility index (Phi) is 7.26. The fourth-order valence-electron chi connectivity index (χ4n) is 5.23. The third kappa shape index (κ3) is 4.92. The fourth-order valence-corrected chi connectivity index (χ4v) is 5.58. The number of hydrogen-bond donors (Lipinski definition) is 2. The zero-order valence-corrected chi connectivity index (χ0v) is 22.8. The van der Waals surface area contributed by atoms with E-state index < -0.39 is 0 Å². The second-order valence-corrected chi connectivity index (χ2v) is 9.91. The van der Waals surface area contributed by atoms with Gasteiger partial charge in [-0.25, -0.2) is 0 Å². The highest BCUT2D eigenvalue weighted by Gasteiger charge is 2.42. The van der Waals surface area contributed by atoms with Crippen LogP contribution in [-0.4, -0.2) is 34.3 Å². The van der Waals surface area contributed by atoms with E-state index in [0.29, 0.717) is 10.8 Å². The molecule has 2 atom stereocenters. The average molecular weight is 526 g/mol. The van der Waals surface area contributed by atoms with Crippen LogP contribution in [0.2, 0.25) is 0 Å². The lowest BCUT2D eigenvalue weighted by atomic mass is 9.96. The van der Waals surface area contributed by atoms with Crippen molar-refractivity contribution in [2.45, 2.75) is 32.9 Å². The normalized spacial score (nSPS) is 16.9. The lowest BCUT2D eigenvalue weighted by molar-refractivity contribution is -0.119.